The fraction of sp³-hybridized carbons (Fsp3) is 0.389. The number of nitrogens with one attached hydrogen (secondary N) is 2. The molecule has 0 spiro atoms. The van der Waals surface area contributed by atoms with Crippen LogP contribution >= 0.6 is 11.3 Å². The fourth-order valence-electron chi connectivity index (χ4n) is 2.31. The molecule has 0 aliphatic rings. The predicted octanol–water partition coefficient (Wildman–Crippen LogP) is 2.77. The molecule has 0 aliphatic carbocycles. The molecular formula is C18H25N3O3S. The van der Waals surface area contributed by atoms with E-state index in [4.69, 9.17) is 9.47 Å². The van der Waals surface area contributed by atoms with Crippen molar-refractivity contribution in [1.29, 1.82) is 0 Å². The lowest BCUT2D eigenvalue weighted by molar-refractivity contribution is 0.339. The summed E-state index contributed by atoms with van der Waals surface area (Å²) >= 11 is 1.76. The summed E-state index contributed by atoms with van der Waals surface area (Å²) < 4.78 is 10.4. The third kappa shape index (κ3) is 5.56. The van der Waals surface area contributed by atoms with E-state index in [1.807, 2.05) is 6.92 Å². The first kappa shape index (κ1) is 18.9. The van der Waals surface area contributed by atoms with E-state index in [0.717, 1.165) is 31.0 Å². The molecule has 2 aromatic rings. The highest BCUT2D eigenvalue weighted by Crippen LogP contribution is 2.37. The number of rotatable bonds is 8. The molecule has 136 valence electrons. The number of guanidine groups is 1. The average molecular weight is 363 g/mol. The van der Waals surface area contributed by atoms with Crippen LogP contribution in [0.2, 0.25) is 0 Å². The first-order valence-electron chi connectivity index (χ1n) is 8.16. The molecule has 7 heteroatoms. The van der Waals surface area contributed by atoms with Crippen molar-refractivity contribution in [3.63, 3.8) is 0 Å². The predicted molar refractivity (Wildman–Crippen MR) is 102 cm³/mol. The maximum atomic E-state index is 9.97. The number of nitrogens with zero attached hydrogens (tertiary/aromatic N) is 1. The van der Waals surface area contributed by atoms with E-state index in [0.29, 0.717) is 18.0 Å². The number of phenols is 1. The summed E-state index contributed by atoms with van der Waals surface area (Å²) in [5.41, 5.74) is 0.891. The van der Waals surface area contributed by atoms with Crippen LogP contribution in [-0.2, 0) is 13.0 Å². The van der Waals surface area contributed by atoms with Crippen LogP contribution in [0, 0.1) is 0 Å². The van der Waals surface area contributed by atoms with Gasteiger partial charge >= 0.3 is 0 Å². The first-order valence-corrected chi connectivity index (χ1v) is 9.04. The van der Waals surface area contributed by atoms with Crippen molar-refractivity contribution in [3.05, 3.63) is 40.1 Å². The number of benzene rings is 1. The van der Waals surface area contributed by atoms with Gasteiger partial charge in [-0.3, -0.25) is 0 Å². The van der Waals surface area contributed by atoms with Crippen LogP contribution in [0.1, 0.15) is 17.4 Å². The SMILES string of the molecule is CCNC(=NCc1cc(OC)c(O)c(OC)c1)NCCc1cccs1. The van der Waals surface area contributed by atoms with E-state index in [1.54, 1.807) is 23.5 Å². The number of ether oxygens (including phenoxy) is 2. The molecule has 3 N–H and O–H groups in total. The van der Waals surface area contributed by atoms with Crippen LogP contribution in [0.25, 0.3) is 0 Å². The summed E-state index contributed by atoms with van der Waals surface area (Å²) in [5, 5.41) is 18.6. The second-order valence-corrected chi connectivity index (χ2v) is 6.33. The van der Waals surface area contributed by atoms with Gasteiger partial charge in [-0.2, -0.15) is 0 Å². The Kier molecular flexibility index (Phi) is 7.40. The highest BCUT2D eigenvalue weighted by molar-refractivity contribution is 7.09. The van der Waals surface area contributed by atoms with Crippen LogP contribution < -0.4 is 20.1 Å². The van der Waals surface area contributed by atoms with Crippen molar-refractivity contribution in [2.75, 3.05) is 27.3 Å². The molecule has 0 saturated carbocycles. The lowest BCUT2D eigenvalue weighted by atomic mass is 10.2. The molecular weight excluding hydrogens is 338 g/mol. The number of aliphatic imine (C=N–C) groups is 1. The minimum Gasteiger partial charge on any atom is -0.502 e. The number of thiophene rings is 1. The highest BCUT2D eigenvalue weighted by atomic mass is 32.1. The largest absolute Gasteiger partial charge is 0.502 e. The lowest BCUT2D eigenvalue weighted by Gasteiger charge is -2.12. The van der Waals surface area contributed by atoms with E-state index < -0.39 is 0 Å². The van der Waals surface area contributed by atoms with Gasteiger partial charge in [-0.05, 0) is 42.5 Å². The Morgan fingerprint density at radius 3 is 2.48 bits per heavy atom. The van der Waals surface area contributed by atoms with Gasteiger partial charge in [0, 0.05) is 18.0 Å². The van der Waals surface area contributed by atoms with E-state index in [9.17, 15) is 5.11 Å². The number of methoxy groups -OCH3 is 2. The molecule has 0 atom stereocenters. The second-order valence-electron chi connectivity index (χ2n) is 5.30. The molecule has 0 saturated heterocycles. The van der Waals surface area contributed by atoms with Gasteiger partial charge in [-0.15, -0.1) is 11.3 Å². The van der Waals surface area contributed by atoms with Crippen molar-refractivity contribution in [1.82, 2.24) is 10.6 Å². The number of aromatic hydroxyl groups is 1. The molecule has 0 aliphatic heterocycles. The number of hydrogen-bond donors (Lipinski definition) is 3. The Labute approximate surface area is 152 Å². The van der Waals surface area contributed by atoms with E-state index in [1.165, 1.54) is 19.1 Å². The zero-order valence-electron chi connectivity index (χ0n) is 14.8. The molecule has 25 heavy (non-hydrogen) atoms. The van der Waals surface area contributed by atoms with Crippen molar-refractivity contribution >= 4 is 17.3 Å². The highest BCUT2D eigenvalue weighted by Gasteiger charge is 2.11. The van der Waals surface area contributed by atoms with E-state index in [2.05, 4.69) is 33.1 Å². The van der Waals surface area contributed by atoms with Crippen molar-refractivity contribution < 1.29 is 14.6 Å². The van der Waals surface area contributed by atoms with Crippen LogP contribution in [0.4, 0.5) is 0 Å². The fourth-order valence-corrected chi connectivity index (χ4v) is 3.02. The molecule has 0 unspecified atom stereocenters. The van der Waals surface area contributed by atoms with Crippen molar-refractivity contribution in [2.45, 2.75) is 19.9 Å². The lowest BCUT2D eigenvalue weighted by Crippen LogP contribution is -2.38. The normalized spacial score (nSPS) is 11.2. The quantitative estimate of drug-likeness (QED) is 0.497. The monoisotopic (exact) mass is 363 g/mol. The van der Waals surface area contributed by atoms with Crippen LogP contribution in [-0.4, -0.2) is 38.4 Å². The maximum absolute atomic E-state index is 9.97. The zero-order chi connectivity index (χ0) is 18.1. The summed E-state index contributed by atoms with van der Waals surface area (Å²) in [6, 6.07) is 7.71. The average Bonchev–Trinajstić information content (AvgIpc) is 3.14. The Morgan fingerprint density at radius 2 is 1.92 bits per heavy atom. The molecule has 1 aromatic heterocycles. The maximum Gasteiger partial charge on any atom is 0.200 e. The van der Waals surface area contributed by atoms with Crippen LogP contribution in [0.3, 0.4) is 0 Å². The van der Waals surface area contributed by atoms with E-state index >= 15 is 0 Å². The molecule has 2 rings (SSSR count). The second kappa shape index (κ2) is 9.78. The number of hydrogen-bond acceptors (Lipinski definition) is 5. The summed E-state index contributed by atoms with van der Waals surface area (Å²) in [6.07, 6.45) is 0.961. The Balaban J connectivity index is 2.02. The van der Waals surface area contributed by atoms with Crippen molar-refractivity contribution in [3.8, 4) is 17.2 Å². The molecule has 1 aromatic carbocycles. The smallest absolute Gasteiger partial charge is 0.200 e. The summed E-state index contributed by atoms with van der Waals surface area (Å²) in [5.74, 6) is 1.50. The molecule has 1 heterocycles. The van der Waals surface area contributed by atoms with Gasteiger partial charge in [0.1, 0.15) is 0 Å². The molecule has 0 bridgehead atoms. The topological polar surface area (TPSA) is 75.1 Å². The zero-order valence-corrected chi connectivity index (χ0v) is 15.7. The van der Waals surface area contributed by atoms with Crippen molar-refractivity contribution in [2.24, 2.45) is 4.99 Å². The van der Waals surface area contributed by atoms with Gasteiger partial charge in [0.05, 0.1) is 20.8 Å². The van der Waals surface area contributed by atoms with Gasteiger partial charge < -0.3 is 25.2 Å². The molecule has 6 nitrogen and oxygen atoms in total. The van der Waals surface area contributed by atoms with Crippen LogP contribution in [0.5, 0.6) is 17.2 Å². The summed E-state index contributed by atoms with van der Waals surface area (Å²) in [7, 11) is 3.02. The third-order valence-corrected chi connectivity index (χ3v) is 4.48. The van der Waals surface area contributed by atoms with Gasteiger partial charge in [0.25, 0.3) is 0 Å². The van der Waals surface area contributed by atoms with Gasteiger partial charge in [-0.1, -0.05) is 6.07 Å². The molecule has 0 radical (unpaired) electrons. The summed E-state index contributed by atoms with van der Waals surface area (Å²) in [4.78, 5) is 5.93. The summed E-state index contributed by atoms with van der Waals surface area (Å²) in [6.45, 7) is 4.08. The van der Waals surface area contributed by atoms with Gasteiger partial charge in [0.15, 0.2) is 17.5 Å². The Hall–Kier alpha value is -2.41. The Morgan fingerprint density at radius 1 is 1.20 bits per heavy atom. The molecule has 0 fully saturated rings. The van der Waals surface area contributed by atoms with Gasteiger partial charge in [-0.25, -0.2) is 4.99 Å². The minimum absolute atomic E-state index is 0.00120. The third-order valence-electron chi connectivity index (χ3n) is 3.55. The standard InChI is InChI=1S/C18H25N3O3S/c1-4-19-18(20-8-7-14-6-5-9-25-14)21-12-13-10-15(23-2)17(22)16(11-13)24-3/h5-6,9-11,22H,4,7-8,12H2,1-3H3,(H2,19,20,21). The van der Waals surface area contributed by atoms with Crippen LogP contribution in [0.15, 0.2) is 34.6 Å². The minimum atomic E-state index is -0.00120. The number of phenolic OH excluding ortho intramolecular Hbond substituents is 1. The Bertz CT molecular complexity index is 662. The molecule has 0 amide bonds. The van der Waals surface area contributed by atoms with E-state index in [-0.39, 0.29) is 5.75 Å². The van der Waals surface area contributed by atoms with Gasteiger partial charge in [0.2, 0.25) is 5.75 Å². The first-order chi connectivity index (χ1) is 12.2.